The topological polar surface area (TPSA) is 69.1 Å². The first-order valence-electron chi connectivity index (χ1n) is 4.22. The Morgan fingerprint density at radius 3 is 2.69 bits per heavy atom. The Morgan fingerprint density at radius 2 is 2.08 bits per heavy atom. The molecule has 2 heterocycles. The van der Waals surface area contributed by atoms with E-state index in [-0.39, 0.29) is 0 Å². The normalized spacial score (nSPS) is 9.46. The Bertz CT molecular complexity index is 392. The number of nitrogen functional groups attached to an aromatic ring is 1. The van der Waals surface area contributed by atoms with Gasteiger partial charge in [-0.3, -0.25) is 0 Å². The van der Waals surface area contributed by atoms with Crippen molar-refractivity contribution < 1.29 is 0 Å². The van der Waals surface area contributed by atoms with Gasteiger partial charge >= 0.3 is 0 Å². The lowest BCUT2D eigenvalue weighted by Gasteiger charge is -1.86. The van der Waals surface area contributed by atoms with Gasteiger partial charge in [0.25, 0.3) is 0 Å². The van der Waals surface area contributed by atoms with Crippen LogP contribution in [0.3, 0.4) is 0 Å². The molecule has 0 spiro atoms. The van der Waals surface area contributed by atoms with Crippen LogP contribution in [-0.4, -0.2) is 20.0 Å². The van der Waals surface area contributed by atoms with Gasteiger partial charge in [-0.15, -0.1) is 14.8 Å². The second-order valence-corrected chi connectivity index (χ2v) is 2.31. The molecule has 5 nitrogen and oxygen atoms in total. The molecule has 2 aromatic heterocycles. The maximum atomic E-state index is 5.55. The number of rotatable bonds is 0. The summed E-state index contributed by atoms with van der Waals surface area (Å²) in [5, 5.41) is 11.3. The predicted octanol–water partition coefficient (Wildman–Crippen LogP) is 1.04. The van der Waals surface area contributed by atoms with Crippen LogP contribution in [-0.2, 0) is 0 Å². The summed E-state index contributed by atoms with van der Waals surface area (Å²) in [4.78, 5) is 0. The molecule has 13 heavy (non-hydrogen) atoms. The van der Waals surface area contributed by atoms with Gasteiger partial charge in [-0.25, -0.2) is 0 Å². The lowest BCUT2D eigenvalue weighted by molar-refractivity contribution is 0.721. The van der Waals surface area contributed by atoms with E-state index in [9.17, 15) is 0 Å². The molecule has 70 valence electrons. The number of nitrogens with two attached hydrogens (primary N) is 1. The number of hydrogen-bond acceptors (Lipinski definition) is 4. The molecule has 2 rings (SSSR count). The van der Waals surface area contributed by atoms with E-state index in [0.717, 1.165) is 11.1 Å². The zero-order valence-electron chi connectivity index (χ0n) is 8.02. The molecule has 0 radical (unpaired) electrons. The van der Waals surface area contributed by atoms with Gasteiger partial charge in [0, 0.05) is 5.56 Å². The van der Waals surface area contributed by atoms with E-state index in [2.05, 4.69) is 15.4 Å². The first-order valence-corrected chi connectivity index (χ1v) is 4.22. The maximum Gasteiger partial charge on any atom is 0.151 e. The Hall–Kier alpha value is -1.65. The Kier molecular flexibility index (Phi) is 2.79. The maximum absolute atomic E-state index is 5.55. The summed E-state index contributed by atoms with van der Waals surface area (Å²) in [6.07, 6.45) is 1.61. The fourth-order valence-electron chi connectivity index (χ4n) is 0.955. The highest BCUT2D eigenvalue weighted by Gasteiger charge is 2.03. The second kappa shape index (κ2) is 3.84. The summed E-state index contributed by atoms with van der Waals surface area (Å²) in [6, 6.07) is 1.83. The number of hydrogen-bond donors (Lipinski definition) is 1. The van der Waals surface area contributed by atoms with Gasteiger partial charge < -0.3 is 5.73 Å². The average Bonchev–Trinajstić information content (AvgIpc) is 2.47. The van der Waals surface area contributed by atoms with E-state index < -0.39 is 0 Å². The summed E-state index contributed by atoms with van der Waals surface area (Å²) in [5.41, 5.74) is 7.40. The standard InChI is InChI=1S/C6H7N5.C2H6/c1-4-5-2-3-8-10-11(5)9-6(4)7;1-2/h2-3H,1H3,(H2,7,9);1-2H3. The number of aromatic nitrogens is 4. The Morgan fingerprint density at radius 1 is 1.38 bits per heavy atom. The van der Waals surface area contributed by atoms with Crippen LogP contribution in [0.15, 0.2) is 12.3 Å². The van der Waals surface area contributed by atoms with E-state index in [4.69, 9.17) is 5.73 Å². The van der Waals surface area contributed by atoms with E-state index in [1.54, 1.807) is 6.20 Å². The van der Waals surface area contributed by atoms with Crippen molar-refractivity contribution in [3.8, 4) is 0 Å². The zero-order valence-corrected chi connectivity index (χ0v) is 8.02. The summed E-state index contributed by atoms with van der Waals surface area (Å²) in [7, 11) is 0. The largest absolute Gasteiger partial charge is 0.382 e. The first-order chi connectivity index (χ1) is 6.29. The van der Waals surface area contributed by atoms with Crippen LogP contribution in [0, 0.1) is 6.92 Å². The SMILES string of the molecule is CC.Cc1c(N)nn2nnccc12. The molecular weight excluding hydrogens is 166 g/mol. The highest BCUT2D eigenvalue weighted by atomic mass is 15.5. The fourth-order valence-corrected chi connectivity index (χ4v) is 0.955. The molecule has 0 aliphatic rings. The van der Waals surface area contributed by atoms with Crippen LogP contribution < -0.4 is 5.73 Å². The molecule has 5 heteroatoms. The molecular formula is C8H13N5. The van der Waals surface area contributed by atoms with Crippen molar-refractivity contribution in [3.05, 3.63) is 17.8 Å². The molecule has 0 unspecified atom stereocenters. The van der Waals surface area contributed by atoms with Crippen molar-refractivity contribution in [1.82, 2.24) is 20.0 Å². The number of fused-ring (bicyclic) bond motifs is 1. The van der Waals surface area contributed by atoms with Crippen LogP contribution in [0.4, 0.5) is 5.82 Å². The lowest BCUT2D eigenvalue weighted by Crippen LogP contribution is -1.95. The van der Waals surface area contributed by atoms with Crippen molar-refractivity contribution >= 4 is 11.3 Å². The Balaban J connectivity index is 0.000000396. The van der Waals surface area contributed by atoms with Crippen molar-refractivity contribution in [1.29, 1.82) is 0 Å². The third-order valence-corrected chi connectivity index (χ3v) is 1.62. The quantitative estimate of drug-likeness (QED) is 0.656. The monoisotopic (exact) mass is 179 g/mol. The molecule has 2 aromatic rings. The van der Waals surface area contributed by atoms with Gasteiger partial charge in [0.2, 0.25) is 0 Å². The molecule has 0 fully saturated rings. The first kappa shape index (κ1) is 9.44. The molecule has 0 saturated heterocycles. The van der Waals surface area contributed by atoms with Gasteiger partial charge in [0.1, 0.15) is 0 Å². The summed E-state index contributed by atoms with van der Waals surface area (Å²) < 4.78 is 1.42. The molecule has 0 aliphatic carbocycles. The summed E-state index contributed by atoms with van der Waals surface area (Å²) in [5.74, 6) is 0.505. The minimum atomic E-state index is 0.505. The molecule has 0 atom stereocenters. The molecule has 0 amide bonds. The highest BCUT2D eigenvalue weighted by molar-refractivity contribution is 5.61. The van der Waals surface area contributed by atoms with Gasteiger partial charge in [-0.2, -0.15) is 0 Å². The van der Waals surface area contributed by atoms with E-state index >= 15 is 0 Å². The highest BCUT2D eigenvalue weighted by Crippen LogP contribution is 2.12. The third kappa shape index (κ3) is 1.58. The van der Waals surface area contributed by atoms with E-state index in [1.165, 1.54) is 4.63 Å². The predicted molar refractivity (Wildman–Crippen MR) is 51.3 cm³/mol. The van der Waals surface area contributed by atoms with Crippen molar-refractivity contribution in [2.75, 3.05) is 5.73 Å². The van der Waals surface area contributed by atoms with Gasteiger partial charge in [0.15, 0.2) is 5.82 Å². The molecule has 2 N–H and O–H groups in total. The third-order valence-electron chi connectivity index (χ3n) is 1.62. The number of anilines is 1. The fraction of sp³-hybridized carbons (Fsp3) is 0.375. The smallest absolute Gasteiger partial charge is 0.151 e. The Labute approximate surface area is 76.6 Å². The van der Waals surface area contributed by atoms with Crippen LogP contribution in [0.25, 0.3) is 5.52 Å². The minimum Gasteiger partial charge on any atom is -0.382 e. The number of aryl methyl sites for hydroxylation is 1. The van der Waals surface area contributed by atoms with Crippen LogP contribution >= 0.6 is 0 Å². The minimum absolute atomic E-state index is 0.505. The molecule has 0 aliphatic heterocycles. The molecule has 0 aromatic carbocycles. The summed E-state index contributed by atoms with van der Waals surface area (Å²) >= 11 is 0. The lowest BCUT2D eigenvalue weighted by atomic mass is 10.3. The van der Waals surface area contributed by atoms with Crippen LogP contribution in [0.5, 0.6) is 0 Å². The number of nitrogens with zero attached hydrogens (tertiary/aromatic N) is 4. The van der Waals surface area contributed by atoms with Crippen LogP contribution in [0.2, 0.25) is 0 Å². The van der Waals surface area contributed by atoms with Crippen molar-refractivity contribution in [2.24, 2.45) is 0 Å². The summed E-state index contributed by atoms with van der Waals surface area (Å²) in [6.45, 7) is 5.90. The van der Waals surface area contributed by atoms with Gasteiger partial charge in [-0.1, -0.05) is 13.8 Å². The zero-order chi connectivity index (χ0) is 9.84. The van der Waals surface area contributed by atoms with Gasteiger partial charge in [0.05, 0.1) is 11.7 Å². The van der Waals surface area contributed by atoms with E-state index in [0.29, 0.717) is 5.82 Å². The van der Waals surface area contributed by atoms with Gasteiger partial charge in [-0.05, 0) is 18.2 Å². The van der Waals surface area contributed by atoms with Crippen molar-refractivity contribution in [2.45, 2.75) is 20.8 Å². The second-order valence-electron chi connectivity index (χ2n) is 2.31. The van der Waals surface area contributed by atoms with E-state index in [1.807, 2.05) is 26.8 Å². The molecule has 0 bridgehead atoms. The average molecular weight is 179 g/mol. The van der Waals surface area contributed by atoms with Crippen LogP contribution in [0.1, 0.15) is 19.4 Å². The molecule has 0 saturated carbocycles. The van der Waals surface area contributed by atoms with Crippen molar-refractivity contribution in [3.63, 3.8) is 0 Å².